The molecular formula is C22H26N6O2. The smallest absolute Gasteiger partial charge is 0.290 e. The van der Waals surface area contributed by atoms with E-state index in [1.807, 2.05) is 13.2 Å². The van der Waals surface area contributed by atoms with Crippen LogP contribution in [0.3, 0.4) is 0 Å². The predicted octanol–water partition coefficient (Wildman–Crippen LogP) is 2.19. The SMILES string of the molecule is Cn1cc(CNc2cc(OC[C@H]3C[C@@H]3c3ccc4c(n3)CCC4)nn(C)c2=O)cn1. The molecule has 5 rings (SSSR count). The molecule has 0 spiro atoms. The molecule has 0 unspecified atom stereocenters. The van der Waals surface area contributed by atoms with Crippen molar-refractivity contribution >= 4 is 5.69 Å². The van der Waals surface area contributed by atoms with Crippen LogP contribution in [0.25, 0.3) is 0 Å². The van der Waals surface area contributed by atoms with Gasteiger partial charge in [0, 0.05) is 61.7 Å². The van der Waals surface area contributed by atoms with Crippen LogP contribution in [0.4, 0.5) is 5.69 Å². The maximum absolute atomic E-state index is 12.4. The molecule has 0 radical (unpaired) electrons. The number of hydrogen-bond donors (Lipinski definition) is 1. The quantitative estimate of drug-likeness (QED) is 0.647. The van der Waals surface area contributed by atoms with E-state index in [9.17, 15) is 4.79 Å². The molecule has 0 aromatic carbocycles. The molecule has 30 heavy (non-hydrogen) atoms. The van der Waals surface area contributed by atoms with Gasteiger partial charge in [0.05, 0.1) is 12.8 Å². The monoisotopic (exact) mass is 406 g/mol. The fourth-order valence-electron chi connectivity index (χ4n) is 4.17. The lowest BCUT2D eigenvalue weighted by Crippen LogP contribution is -2.24. The Kier molecular flexibility index (Phi) is 4.77. The number of nitrogens with zero attached hydrogens (tertiary/aromatic N) is 5. The zero-order valence-corrected chi connectivity index (χ0v) is 17.3. The Morgan fingerprint density at radius 1 is 1.27 bits per heavy atom. The van der Waals surface area contributed by atoms with Crippen molar-refractivity contribution in [3.05, 3.63) is 63.5 Å². The van der Waals surface area contributed by atoms with Crippen molar-refractivity contribution < 1.29 is 4.74 Å². The summed E-state index contributed by atoms with van der Waals surface area (Å²) in [5, 5.41) is 11.6. The summed E-state index contributed by atoms with van der Waals surface area (Å²) in [6, 6.07) is 6.11. The van der Waals surface area contributed by atoms with Gasteiger partial charge < -0.3 is 10.1 Å². The first kappa shape index (κ1) is 18.8. The maximum Gasteiger partial charge on any atom is 0.290 e. The van der Waals surface area contributed by atoms with E-state index in [4.69, 9.17) is 9.72 Å². The molecule has 1 saturated carbocycles. The van der Waals surface area contributed by atoms with Crippen LogP contribution < -0.4 is 15.6 Å². The summed E-state index contributed by atoms with van der Waals surface area (Å²) in [6.07, 6.45) is 8.26. The van der Waals surface area contributed by atoms with Gasteiger partial charge in [-0.3, -0.25) is 14.5 Å². The molecule has 3 aromatic rings. The summed E-state index contributed by atoms with van der Waals surface area (Å²) >= 11 is 0. The zero-order valence-electron chi connectivity index (χ0n) is 17.3. The zero-order chi connectivity index (χ0) is 20.7. The average Bonchev–Trinajstić information content (AvgIpc) is 3.14. The Balaban J connectivity index is 1.21. The summed E-state index contributed by atoms with van der Waals surface area (Å²) in [4.78, 5) is 17.3. The number of fused-ring (bicyclic) bond motifs is 1. The standard InChI is InChI=1S/C22H26N6O2/c1-27-12-14(11-24-27)10-23-20-9-21(26-28(2)22(20)29)30-13-16-8-17(16)19-7-6-15-4-3-5-18(15)25-19/h6-7,9,11-12,16-17,23H,3-5,8,10,13H2,1-2H3/t16-,17+/m1/s1. The molecule has 2 atom stereocenters. The predicted molar refractivity (Wildman–Crippen MR) is 113 cm³/mol. The van der Waals surface area contributed by atoms with E-state index in [1.165, 1.54) is 28.1 Å². The van der Waals surface area contributed by atoms with Gasteiger partial charge in [0.1, 0.15) is 5.69 Å². The fourth-order valence-corrected chi connectivity index (χ4v) is 4.17. The van der Waals surface area contributed by atoms with Crippen LogP contribution in [0, 0.1) is 5.92 Å². The van der Waals surface area contributed by atoms with Crippen LogP contribution >= 0.6 is 0 Å². The lowest BCUT2D eigenvalue weighted by atomic mass is 10.1. The van der Waals surface area contributed by atoms with Crippen molar-refractivity contribution in [3.63, 3.8) is 0 Å². The minimum Gasteiger partial charge on any atom is -0.476 e. The number of aryl methyl sites for hydroxylation is 4. The second kappa shape index (κ2) is 7.59. The molecule has 0 bridgehead atoms. The fraction of sp³-hybridized carbons (Fsp3) is 0.455. The van der Waals surface area contributed by atoms with Gasteiger partial charge >= 0.3 is 0 Å². The Labute approximate surface area is 174 Å². The third-order valence-corrected chi connectivity index (χ3v) is 5.98. The van der Waals surface area contributed by atoms with Crippen molar-refractivity contribution in [1.82, 2.24) is 24.5 Å². The van der Waals surface area contributed by atoms with Crippen LogP contribution in [-0.2, 0) is 33.5 Å². The molecule has 0 saturated heterocycles. The van der Waals surface area contributed by atoms with E-state index in [-0.39, 0.29) is 5.56 Å². The van der Waals surface area contributed by atoms with Crippen LogP contribution in [-0.4, -0.2) is 31.2 Å². The summed E-state index contributed by atoms with van der Waals surface area (Å²) in [5.41, 5.74) is 5.17. The highest BCUT2D eigenvalue weighted by molar-refractivity contribution is 5.43. The van der Waals surface area contributed by atoms with Gasteiger partial charge in [-0.15, -0.1) is 5.10 Å². The normalized spacial score (nSPS) is 19.5. The van der Waals surface area contributed by atoms with E-state index in [1.54, 1.807) is 24.0 Å². The van der Waals surface area contributed by atoms with Crippen molar-refractivity contribution in [2.75, 3.05) is 11.9 Å². The molecule has 1 fully saturated rings. The Morgan fingerprint density at radius 3 is 3.00 bits per heavy atom. The highest BCUT2D eigenvalue weighted by Crippen LogP contribution is 2.47. The average molecular weight is 406 g/mol. The largest absolute Gasteiger partial charge is 0.476 e. The minimum atomic E-state index is -0.183. The van der Waals surface area contributed by atoms with Crippen molar-refractivity contribution in [2.45, 2.75) is 38.1 Å². The number of rotatable bonds is 7. The molecule has 2 aliphatic rings. The van der Waals surface area contributed by atoms with Crippen molar-refractivity contribution in [1.29, 1.82) is 0 Å². The third kappa shape index (κ3) is 3.81. The van der Waals surface area contributed by atoms with E-state index in [0.717, 1.165) is 24.8 Å². The molecule has 2 aliphatic carbocycles. The summed E-state index contributed by atoms with van der Waals surface area (Å²) in [6.45, 7) is 1.10. The Hall–Kier alpha value is -3.16. The first-order valence-corrected chi connectivity index (χ1v) is 10.5. The molecule has 156 valence electrons. The van der Waals surface area contributed by atoms with Gasteiger partial charge in [0.25, 0.3) is 5.56 Å². The van der Waals surface area contributed by atoms with Gasteiger partial charge in [0.2, 0.25) is 5.88 Å². The summed E-state index contributed by atoms with van der Waals surface area (Å²) in [5.74, 6) is 1.37. The molecule has 1 N–H and O–H groups in total. The van der Waals surface area contributed by atoms with Crippen molar-refractivity contribution in [2.24, 2.45) is 20.0 Å². The number of hydrogen-bond acceptors (Lipinski definition) is 6. The molecule has 0 aliphatic heterocycles. The second-order valence-electron chi connectivity index (χ2n) is 8.31. The van der Waals surface area contributed by atoms with Gasteiger partial charge in [-0.1, -0.05) is 6.07 Å². The molecule has 3 aromatic heterocycles. The molecule has 3 heterocycles. The highest BCUT2D eigenvalue weighted by Gasteiger charge is 2.40. The lowest BCUT2D eigenvalue weighted by molar-refractivity contribution is 0.278. The number of ether oxygens (including phenoxy) is 1. The second-order valence-corrected chi connectivity index (χ2v) is 8.31. The minimum absolute atomic E-state index is 0.183. The van der Waals surface area contributed by atoms with E-state index in [0.29, 0.717) is 36.6 Å². The van der Waals surface area contributed by atoms with Gasteiger partial charge in [-0.2, -0.15) is 5.10 Å². The molecular weight excluding hydrogens is 380 g/mol. The summed E-state index contributed by atoms with van der Waals surface area (Å²) < 4.78 is 9.00. The summed E-state index contributed by atoms with van der Waals surface area (Å²) in [7, 11) is 3.50. The first-order chi connectivity index (χ1) is 14.6. The third-order valence-electron chi connectivity index (χ3n) is 5.98. The lowest BCUT2D eigenvalue weighted by Gasteiger charge is -2.10. The van der Waals surface area contributed by atoms with E-state index in [2.05, 4.69) is 27.6 Å². The number of nitrogens with one attached hydrogen (secondary N) is 1. The molecule has 0 amide bonds. The molecule has 8 nitrogen and oxygen atoms in total. The van der Waals surface area contributed by atoms with Gasteiger partial charge in [-0.25, -0.2) is 4.68 Å². The maximum atomic E-state index is 12.4. The van der Waals surface area contributed by atoms with Crippen LogP contribution in [0.15, 0.2) is 35.4 Å². The van der Waals surface area contributed by atoms with Gasteiger partial charge in [0.15, 0.2) is 0 Å². The Bertz CT molecular complexity index is 1130. The topological polar surface area (TPSA) is 86.9 Å². The Morgan fingerprint density at radius 2 is 2.17 bits per heavy atom. The van der Waals surface area contributed by atoms with E-state index < -0.39 is 0 Å². The van der Waals surface area contributed by atoms with Crippen molar-refractivity contribution in [3.8, 4) is 5.88 Å². The van der Waals surface area contributed by atoms with Crippen LogP contribution in [0.2, 0.25) is 0 Å². The number of aromatic nitrogens is 5. The van der Waals surface area contributed by atoms with Crippen LogP contribution in [0.1, 0.15) is 41.3 Å². The highest BCUT2D eigenvalue weighted by atomic mass is 16.5. The number of anilines is 1. The number of pyridine rings is 1. The van der Waals surface area contributed by atoms with E-state index >= 15 is 0 Å². The molecule has 8 heteroatoms. The van der Waals surface area contributed by atoms with Gasteiger partial charge in [-0.05, 0) is 37.3 Å². The van der Waals surface area contributed by atoms with Crippen LogP contribution in [0.5, 0.6) is 5.88 Å². The first-order valence-electron chi connectivity index (χ1n) is 10.5.